The van der Waals surface area contributed by atoms with Crippen LogP contribution >= 0.6 is 0 Å². The highest BCUT2D eigenvalue weighted by Gasteiger charge is 2.41. The summed E-state index contributed by atoms with van der Waals surface area (Å²) in [7, 11) is 0. The van der Waals surface area contributed by atoms with Crippen LogP contribution in [0.4, 0.5) is 0 Å². The zero-order valence-corrected chi connectivity index (χ0v) is 11.8. The molecule has 0 amide bonds. The maximum Gasteiger partial charge on any atom is 0.202 e. The van der Waals surface area contributed by atoms with Crippen LogP contribution in [0.5, 0.6) is 17.5 Å². The van der Waals surface area contributed by atoms with Crippen molar-refractivity contribution in [1.29, 1.82) is 0 Å². The third kappa shape index (κ3) is 1.62. The van der Waals surface area contributed by atoms with Gasteiger partial charge in [-0.15, -0.1) is 0 Å². The third-order valence-electron chi connectivity index (χ3n) is 4.43. The van der Waals surface area contributed by atoms with Crippen molar-refractivity contribution in [2.75, 3.05) is 6.61 Å². The lowest BCUT2D eigenvalue weighted by Crippen LogP contribution is -1.96. The van der Waals surface area contributed by atoms with Gasteiger partial charge in [0.1, 0.15) is 5.75 Å². The summed E-state index contributed by atoms with van der Waals surface area (Å²) in [5.74, 6) is 1.56. The number of rotatable bonds is 3. The van der Waals surface area contributed by atoms with Gasteiger partial charge in [0.2, 0.25) is 11.8 Å². The van der Waals surface area contributed by atoms with Gasteiger partial charge < -0.3 is 14.9 Å². The van der Waals surface area contributed by atoms with Crippen LogP contribution in [0.3, 0.4) is 0 Å². The lowest BCUT2D eigenvalue weighted by Gasteiger charge is -2.10. The second-order valence-corrected chi connectivity index (χ2v) is 5.57. The van der Waals surface area contributed by atoms with E-state index in [-0.39, 0.29) is 23.6 Å². The monoisotopic (exact) mass is 283 g/mol. The molecule has 1 aromatic carbocycles. The topological polar surface area (TPSA) is 54.6 Å². The van der Waals surface area contributed by atoms with Gasteiger partial charge in [0, 0.05) is 23.0 Å². The Hall–Kier alpha value is -2.36. The Labute approximate surface area is 122 Å². The molecule has 108 valence electrons. The quantitative estimate of drug-likeness (QED) is 0.849. The molecule has 2 N–H and O–H groups in total. The molecular weight excluding hydrogens is 266 g/mol. The summed E-state index contributed by atoms with van der Waals surface area (Å²) in [6.45, 7) is 2.55. The second kappa shape index (κ2) is 4.32. The van der Waals surface area contributed by atoms with E-state index in [1.54, 1.807) is 0 Å². The fourth-order valence-corrected chi connectivity index (χ4v) is 3.54. The molecule has 2 atom stereocenters. The van der Waals surface area contributed by atoms with Gasteiger partial charge in [-0.2, -0.15) is 0 Å². The first-order valence-corrected chi connectivity index (χ1v) is 7.28. The van der Waals surface area contributed by atoms with Gasteiger partial charge in [0.25, 0.3) is 0 Å². The molecule has 1 aromatic heterocycles. The summed E-state index contributed by atoms with van der Waals surface area (Å²) < 4.78 is 6.94. The average Bonchev–Trinajstić information content (AvgIpc) is 3.15. The smallest absolute Gasteiger partial charge is 0.202 e. The molecule has 0 saturated carbocycles. The number of allylic oxidation sites excluding steroid dienone is 2. The standard InChI is InChI=1S/C17H17NO3/c1-2-21-13-7-5-12(6-8-13)18-16(19)14-10-3-4-11(9-10)15(14)17(18)20/h3-8,10-11,19-20H,2,9H2,1H3. The molecule has 4 rings (SSSR count). The normalized spacial score (nSPS) is 21.8. The van der Waals surface area contributed by atoms with Crippen LogP contribution in [0.15, 0.2) is 36.4 Å². The molecule has 2 aliphatic carbocycles. The molecule has 0 aliphatic heterocycles. The van der Waals surface area contributed by atoms with Gasteiger partial charge in [-0.3, -0.25) is 4.57 Å². The molecule has 0 fully saturated rings. The number of aromatic nitrogens is 1. The molecule has 21 heavy (non-hydrogen) atoms. The van der Waals surface area contributed by atoms with E-state index in [2.05, 4.69) is 12.2 Å². The maximum absolute atomic E-state index is 10.5. The fourth-order valence-electron chi connectivity index (χ4n) is 3.54. The van der Waals surface area contributed by atoms with E-state index in [9.17, 15) is 10.2 Å². The molecule has 2 unspecified atom stereocenters. The van der Waals surface area contributed by atoms with Gasteiger partial charge >= 0.3 is 0 Å². The predicted octanol–water partition coefficient (Wildman–Crippen LogP) is 3.43. The molecule has 2 aliphatic rings. The SMILES string of the molecule is CCOc1ccc(-n2c(O)c3c(c2O)C2C=CC3C2)cc1. The van der Waals surface area contributed by atoms with Crippen LogP contribution in [0.1, 0.15) is 36.3 Å². The molecule has 4 nitrogen and oxygen atoms in total. The van der Waals surface area contributed by atoms with Crippen LogP contribution in [-0.2, 0) is 0 Å². The number of fused-ring (bicyclic) bond motifs is 5. The molecule has 2 aromatic rings. The summed E-state index contributed by atoms with van der Waals surface area (Å²) >= 11 is 0. The molecule has 1 heterocycles. The van der Waals surface area contributed by atoms with E-state index in [1.165, 1.54) is 4.57 Å². The molecule has 4 heteroatoms. The predicted molar refractivity (Wildman–Crippen MR) is 79.5 cm³/mol. The van der Waals surface area contributed by atoms with E-state index in [0.29, 0.717) is 6.61 Å². The first-order valence-electron chi connectivity index (χ1n) is 7.28. The zero-order valence-electron chi connectivity index (χ0n) is 11.8. The van der Waals surface area contributed by atoms with Gasteiger partial charge in [0.15, 0.2) is 0 Å². The minimum absolute atomic E-state index is 0.156. The van der Waals surface area contributed by atoms with E-state index in [0.717, 1.165) is 29.0 Å². The Morgan fingerprint density at radius 1 is 1.05 bits per heavy atom. The van der Waals surface area contributed by atoms with E-state index in [1.807, 2.05) is 31.2 Å². The number of ether oxygens (including phenoxy) is 1. The molecule has 2 bridgehead atoms. The maximum atomic E-state index is 10.5. The Kier molecular flexibility index (Phi) is 2.55. The highest BCUT2D eigenvalue weighted by Crippen LogP contribution is 2.57. The van der Waals surface area contributed by atoms with Crippen molar-refractivity contribution in [2.24, 2.45) is 0 Å². The van der Waals surface area contributed by atoms with Crippen LogP contribution in [0.25, 0.3) is 5.69 Å². The summed E-state index contributed by atoms with van der Waals surface area (Å²) in [5.41, 5.74) is 2.50. The Balaban J connectivity index is 1.80. The van der Waals surface area contributed by atoms with Crippen LogP contribution in [-0.4, -0.2) is 21.4 Å². The van der Waals surface area contributed by atoms with Crippen molar-refractivity contribution >= 4 is 0 Å². The first kappa shape index (κ1) is 12.4. The molecule has 0 radical (unpaired) electrons. The minimum Gasteiger partial charge on any atom is -0.494 e. The Morgan fingerprint density at radius 3 is 2.14 bits per heavy atom. The van der Waals surface area contributed by atoms with E-state index >= 15 is 0 Å². The molecular formula is C17H17NO3. The highest BCUT2D eigenvalue weighted by atomic mass is 16.5. The number of nitrogens with zero attached hydrogens (tertiary/aromatic N) is 1. The van der Waals surface area contributed by atoms with Gasteiger partial charge in [0.05, 0.1) is 12.3 Å². The van der Waals surface area contributed by atoms with Crippen LogP contribution in [0.2, 0.25) is 0 Å². The van der Waals surface area contributed by atoms with Crippen molar-refractivity contribution in [1.82, 2.24) is 4.57 Å². The lowest BCUT2D eigenvalue weighted by molar-refractivity contribution is 0.340. The van der Waals surface area contributed by atoms with Gasteiger partial charge in [-0.1, -0.05) is 12.2 Å². The van der Waals surface area contributed by atoms with Crippen LogP contribution < -0.4 is 4.74 Å². The fraction of sp³-hybridized carbons (Fsp3) is 0.294. The average molecular weight is 283 g/mol. The Morgan fingerprint density at radius 2 is 1.62 bits per heavy atom. The molecule has 0 saturated heterocycles. The number of hydrogen-bond donors (Lipinski definition) is 2. The first-order chi connectivity index (χ1) is 10.2. The number of aromatic hydroxyl groups is 2. The number of hydrogen-bond acceptors (Lipinski definition) is 3. The Bertz CT molecular complexity index is 692. The summed E-state index contributed by atoms with van der Waals surface area (Å²) in [5, 5.41) is 21.0. The second-order valence-electron chi connectivity index (χ2n) is 5.57. The van der Waals surface area contributed by atoms with Gasteiger partial charge in [-0.05, 0) is 37.6 Å². The largest absolute Gasteiger partial charge is 0.494 e. The lowest BCUT2D eigenvalue weighted by atomic mass is 10.0. The van der Waals surface area contributed by atoms with Gasteiger partial charge in [-0.25, -0.2) is 0 Å². The van der Waals surface area contributed by atoms with Crippen molar-refractivity contribution in [3.8, 4) is 23.2 Å². The van der Waals surface area contributed by atoms with Crippen molar-refractivity contribution in [3.63, 3.8) is 0 Å². The summed E-state index contributed by atoms with van der Waals surface area (Å²) in [4.78, 5) is 0. The molecule has 0 spiro atoms. The summed E-state index contributed by atoms with van der Waals surface area (Å²) in [6, 6.07) is 7.37. The minimum atomic E-state index is 0.156. The van der Waals surface area contributed by atoms with Crippen molar-refractivity contribution in [2.45, 2.75) is 25.2 Å². The summed E-state index contributed by atoms with van der Waals surface area (Å²) in [6.07, 6.45) is 5.21. The van der Waals surface area contributed by atoms with Crippen molar-refractivity contribution in [3.05, 3.63) is 47.5 Å². The van der Waals surface area contributed by atoms with Crippen LogP contribution in [0, 0.1) is 0 Å². The number of benzene rings is 1. The van der Waals surface area contributed by atoms with E-state index in [4.69, 9.17) is 4.74 Å². The van der Waals surface area contributed by atoms with Crippen molar-refractivity contribution < 1.29 is 14.9 Å². The third-order valence-corrected chi connectivity index (χ3v) is 4.43. The highest BCUT2D eigenvalue weighted by molar-refractivity contribution is 5.62. The zero-order chi connectivity index (χ0) is 14.6. The van der Waals surface area contributed by atoms with E-state index < -0.39 is 0 Å².